The number of aldehydes is 1. The number of hydrogen-bond acceptors (Lipinski definition) is 3. The SMILES string of the molecule is CC(C)Oc1ccc(C(O)CC=O)cc1. The van der Waals surface area contributed by atoms with Crippen molar-refractivity contribution in [2.45, 2.75) is 32.5 Å². The molecule has 1 unspecified atom stereocenters. The molecule has 0 aromatic heterocycles. The molecule has 1 atom stereocenters. The largest absolute Gasteiger partial charge is 0.491 e. The lowest BCUT2D eigenvalue weighted by Gasteiger charge is -2.11. The van der Waals surface area contributed by atoms with E-state index in [2.05, 4.69) is 0 Å². The van der Waals surface area contributed by atoms with Crippen molar-refractivity contribution in [2.75, 3.05) is 0 Å². The number of carbonyl (C=O) groups is 1. The van der Waals surface area contributed by atoms with Crippen LogP contribution in [0.4, 0.5) is 0 Å². The molecule has 82 valence electrons. The van der Waals surface area contributed by atoms with E-state index in [1.165, 1.54) is 0 Å². The molecule has 1 aromatic carbocycles. The van der Waals surface area contributed by atoms with E-state index in [1.54, 1.807) is 24.3 Å². The average molecular weight is 208 g/mol. The highest BCUT2D eigenvalue weighted by atomic mass is 16.5. The van der Waals surface area contributed by atoms with Crippen molar-refractivity contribution >= 4 is 6.29 Å². The van der Waals surface area contributed by atoms with Crippen LogP contribution in [0.15, 0.2) is 24.3 Å². The van der Waals surface area contributed by atoms with E-state index in [9.17, 15) is 9.90 Å². The number of rotatable bonds is 5. The van der Waals surface area contributed by atoms with Crippen molar-refractivity contribution in [3.63, 3.8) is 0 Å². The van der Waals surface area contributed by atoms with Gasteiger partial charge < -0.3 is 14.6 Å². The molecule has 0 aliphatic rings. The number of hydrogen-bond donors (Lipinski definition) is 1. The van der Waals surface area contributed by atoms with E-state index in [1.807, 2.05) is 13.8 Å². The van der Waals surface area contributed by atoms with Gasteiger partial charge in [0.1, 0.15) is 12.0 Å². The summed E-state index contributed by atoms with van der Waals surface area (Å²) in [6.07, 6.45) is 0.263. The van der Waals surface area contributed by atoms with Crippen LogP contribution in [0, 0.1) is 0 Å². The zero-order chi connectivity index (χ0) is 11.3. The van der Waals surface area contributed by atoms with Crippen LogP contribution >= 0.6 is 0 Å². The molecular weight excluding hydrogens is 192 g/mol. The summed E-state index contributed by atoms with van der Waals surface area (Å²) < 4.78 is 5.46. The van der Waals surface area contributed by atoms with Crippen LogP contribution in [0.5, 0.6) is 5.75 Å². The molecule has 3 heteroatoms. The molecule has 0 heterocycles. The van der Waals surface area contributed by atoms with Gasteiger partial charge in [-0.1, -0.05) is 12.1 Å². The summed E-state index contributed by atoms with van der Waals surface area (Å²) in [7, 11) is 0. The minimum absolute atomic E-state index is 0.129. The molecule has 0 spiro atoms. The molecule has 3 nitrogen and oxygen atoms in total. The van der Waals surface area contributed by atoms with Crippen LogP contribution in [0.25, 0.3) is 0 Å². The molecule has 1 aromatic rings. The maximum Gasteiger partial charge on any atom is 0.122 e. The normalized spacial score (nSPS) is 12.5. The fourth-order valence-corrected chi connectivity index (χ4v) is 1.27. The summed E-state index contributed by atoms with van der Waals surface area (Å²) in [4.78, 5) is 10.2. The number of ether oxygens (including phenoxy) is 1. The first-order valence-electron chi connectivity index (χ1n) is 5.01. The Morgan fingerprint density at radius 1 is 1.33 bits per heavy atom. The van der Waals surface area contributed by atoms with E-state index in [4.69, 9.17) is 4.74 Å². The number of carbonyl (C=O) groups excluding carboxylic acids is 1. The predicted octanol–water partition coefficient (Wildman–Crippen LogP) is 2.10. The summed E-state index contributed by atoms with van der Waals surface area (Å²) in [5.41, 5.74) is 0.734. The van der Waals surface area contributed by atoms with Crippen LogP contribution in [0.3, 0.4) is 0 Å². The molecule has 15 heavy (non-hydrogen) atoms. The van der Waals surface area contributed by atoms with E-state index in [0.717, 1.165) is 11.3 Å². The highest BCUT2D eigenvalue weighted by Gasteiger charge is 2.06. The van der Waals surface area contributed by atoms with Gasteiger partial charge in [0.05, 0.1) is 12.2 Å². The first kappa shape index (κ1) is 11.7. The van der Waals surface area contributed by atoms with Crippen molar-refractivity contribution in [3.8, 4) is 5.75 Å². The quantitative estimate of drug-likeness (QED) is 0.754. The van der Waals surface area contributed by atoms with E-state index >= 15 is 0 Å². The van der Waals surface area contributed by atoms with Crippen molar-refractivity contribution < 1.29 is 14.6 Å². The summed E-state index contributed by atoms with van der Waals surface area (Å²) in [5.74, 6) is 0.770. The smallest absolute Gasteiger partial charge is 0.122 e. The van der Waals surface area contributed by atoms with Gasteiger partial charge >= 0.3 is 0 Å². The van der Waals surface area contributed by atoms with Crippen LogP contribution in [0.1, 0.15) is 31.9 Å². The second-order valence-electron chi connectivity index (χ2n) is 3.65. The molecule has 0 bridgehead atoms. The summed E-state index contributed by atoms with van der Waals surface area (Å²) in [6, 6.07) is 7.13. The Labute approximate surface area is 89.7 Å². The standard InChI is InChI=1S/C12H16O3/c1-9(2)15-11-5-3-10(4-6-11)12(14)7-8-13/h3-6,8-9,12,14H,7H2,1-2H3. The summed E-state index contributed by atoms with van der Waals surface area (Å²) in [5, 5.41) is 9.52. The zero-order valence-corrected chi connectivity index (χ0v) is 9.01. The van der Waals surface area contributed by atoms with Crippen LogP contribution in [-0.2, 0) is 4.79 Å². The zero-order valence-electron chi connectivity index (χ0n) is 9.01. The molecule has 1 rings (SSSR count). The van der Waals surface area contributed by atoms with Crippen LogP contribution in [0.2, 0.25) is 0 Å². The third-order valence-corrected chi connectivity index (χ3v) is 1.96. The minimum atomic E-state index is -0.712. The maximum atomic E-state index is 10.2. The van der Waals surface area contributed by atoms with Gasteiger partial charge in [-0.05, 0) is 31.5 Å². The van der Waals surface area contributed by atoms with Crippen molar-refractivity contribution in [2.24, 2.45) is 0 Å². The fourth-order valence-electron chi connectivity index (χ4n) is 1.27. The Hall–Kier alpha value is -1.35. The Kier molecular flexibility index (Phi) is 4.31. The second kappa shape index (κ2) is 5.51. The molecule has 0 saturated carbocycles. The first-order chi connectivity index (χ1) is 7.13. The molecule has 0 aliphatic carbocycles. The average Bonchev–Trinajstić information content (AvgIpc) is 2.18. The molecular formula is C12H16O3. The fraction of sp³-hybridized carbons (Fsp3) is 0.417. The Morgan fingerprint density at radius 2 is 1.93 bits per heavy atom. The van der Waals surface area contributed by atoms with Crippen LogP contribution < -0.4 is 4.74 Å². The lowest BCUT2D eigenvalue weighted by molar-refractivity contribution is -0.109. The van der Waals surface area contributed by atoms with Gasteiger partial charge in [-0.25, -0.2) is 0 Å². The number of aliphatic hydroxyl groups excluding tert-OH is 1. The summed E-state index contributed by atoms with van der Waals surface area (Å²) >= 11 is 0. The Bertz CT molecular complexity index is 303. The van der Waals surface area contributed by atoms with Crippen molar-refractivity contribution in [3.05, 3.63) is 29.8 Å². The monoisotopic (exact) mass is 208 g/mol. The number of aliphatic hydroxyl groups is 1. The van der Waals surface area contributed by atoms with E-state index in [-0.39, 0.29) is 12.5 Å². The topological polar surface area (TPSA) is 46.5 Å². The molecule has 0 fully saturated rings. The highest BCUT2D eigenvalue weighted by molar-refractivity contribution is 5.51. The van der Waals surface area contributed by atoms with Gasteiger partial charge in [0.25, 0.3) is 0 Å². The van der Waals surface area contributed by atoms with Gasteiger partial charge in [0.15, 0.2) is 0 Å². The highest BCUT2D eigenvalue weighted by Crippen LogP contribution is 2.19. The summed E-state index contributed by atoms with van der Waals surface area (Å²) in [6.45, 7) is 3.91. The Balaban J connectivity index is 2.67. The van der Waals surface area contributed by atoms with E-state index in [0.29, 0.717) is 6.29 Å². The third-order valence-electron chi connectivity index (χ3n) is 1.96. The van der Waals surface area contributed by atoms with Gasteiger partial charge in [-0.15, -0.1) is 0 Å². The third kappa shape index (κ3) is 3.72. The van der Waals surface area contributed by atoms with Gasteiger partial charge in [-0.3, -0.25) is 0 Å². The molecule has 0 amide bonds. The second-order valence-corrected chi connectivity index (χ2v) is 3.65. The van der Waals surface area contributed by atoms with Gasteiger partial charge in [-0.2, -0.15) is 0 Å². The predicted molar refractivity (Wildman–Crippen MR) is 57.8 cm³/mol. The van der Waals surface area contributed by atoms with Gasteiger partial charge in [0, 0.05) is 6.42 Å². The van der Waals surface area contributed by atoms with Crippen molar-refractivity contribution in [1.82, 2.24) is 0 Å². The Morgan fingerprint density at radius 3 is 2.40 bits per heavy atom. The molecule has 0 saturated heterocycles. The lowest BCUT2D eigenvalue weighted by atomic mass is 10.1. The first-order valence-corrected chi connectivity index (χ1v) is 5.01. The molecule has 0 radical (unpaired) electrons. The van der Waals surface area contributed by atoms with Crippen LogP contribution in [-0.4, -0.2) is 17.5 Å². The lowest BCUT2D eigenvalue weighted by Crippen LogP contribution is -2.05. The molecule has 0 aliphatic heterocycles. The van der Waals surface area contributed by atoms with Gasteiger partial charge in [0.2, 0.25) is 0 Å². The number of benzene rings is 1. The van der Waals surface area contributed by atoms with E-state index < -0.39 is 6.10 Å². The maximum absolute atomic E-state index is 10.2. The molecule has 1 N–H and O–H groups in total. The van der Waals surface area contributed by atoms with Crippen molar-refractivity contribution in [1.29, 1.82) is 0 Å². The minimum Gasteiger partial charge on any atom is -0.491 e.